The normalized spacial score (nSPS) is 14.4. The summed E-state index contributed by atoms with van der Waals surface area (Å²) in [4.78, 5) is 9.93. The van der Waals surface area contributed by atoms with Crippen molar-refractivity contribution >= 4 is 46.2 Å². The van der Waals surface area contributed by atoms with Gasteiger partial charge in [0.15, 0.2) is 0 Å². The van der Waals surface area contributed by atoms with E-state index in [1.165, 1.54) is 55.4 Å². The molecule has 11 aromatic rings. The third-order valence-electron chi connectivity index (χ3n) is 17.6. The van der Waals surface area contributed by atoms with E-state index in [1.807, 2.05) is 36.5 Å². The van der Waals surface area contributed by atoms with Gasteiger partial charge in [0, 0.05) is 37.4 Å². The Labute approximate surface area is 477 Å². The van der Waals surface area contributed by atoms with Crippen LogP contribution in [0, 0.1) is 17.5 Å². The zero-order valence-electron chi connectivity index (χ0n) is 47.6. The van der Waals surface area contributed by atoms with E-state index in [1.54, 1.807) is 0 Å². The van der Waals surface area contributed by atoms with Gasteiger partial charge in [-0.05, 0) is 131 Å². The molecule has 0 bridgehead atoms. The monoisotopic (exact) mass is 1210 g/mol. The molecular formula is C72H71IrN3OSi-2. The van der Waals surface area contributed by atoms with Crippen LogP contribution in [0.4, 0.5) is 0 Å². The maximum Gasteiger partial charge on any atom is 0.121 e. The molecule has 0 unspecified atom stereocenters. The molecule has 1 radical (unpaired) electrons. The topological polar surface area (TPSA) is 43.9 Å². The first-order valence-electron chi connectivity index (χ1n) is 27.5. The van der Waals surface area contributed by atoms with Gasteiger partial charge < -0.3 is 14.0 Å². The second-order valence-electron chi connectivity index (χ2n) is 24.5. The summed E-state index contributed by atoms with van der Waals surface area (Å²) in [5, 5.41) is 3.54. The van der Waals surface area contributed by atoms with E-state index >= 15 is 0 Å². The quantitative estimate of drug-likeness (QED) is 0.112. The summed E-state index contributed by atoms with van der Waals surface area (Å²) in [5.41, 5.74) is 20.4. The molecule has 0 amide bonds. The number of hydrogen-bond donors (Lipinski definition) is 0. The van der Waals surface area contributed by atoms with Crippen molar-refractivity contribution in [2.24, 2.45) is 5.41 Å². The van der Waals surface area contributed by atoms with E-state index in [2.05, 4.69) is 256 Å². The van der Waals surface area contributed by atoms with Crippen LogP contribution in [-0.4, -0.2) is 22.6 Å². The molecule has 8 aromatic carbocycles. The summed E-state index contributed by atoms with van der Waals surface area (Å²) < 4.78 is 9.26. The molecule has 12 rings (SSSR count). The molecule has 0 fully saturated rings. The molecule has 0 saturated carbocycles. The zero-order valence-corrected chi connectivity index (χ0v) is 51.0. The van der Waals surface area contributed by atoms with E-state index in [9.17, 15) is 0 Å². The molecule has 0 N–H and O–H groups in total. The van der Waals surface area contributed by atoms with E-state index in [0.29, 0.717) is 0 Å². The Hall–Kier alpha value is -6.95. The van der Waals surface area contributed by atoms with Crippen LogP contribution in [0.1, 0.15) is 103 Å². The maximum atomic E-state index is 6.86. The molecule has 0 saturated heterocycles. The first-order chi connectivity index (χ1) is 36.8. The third-order valence-corrected chi connectivity index (χ3v) is 19.6. The minimum Gasteiger partial charge on any atom is -0.501 e. The van der Waals surface area contributed by atoms with Crippen LogP contribution < -0.4 is 5.19 Å². The molecule has 78 heavy (non-hydrogen) atoms. The summed E-state index contributed by atoms with van der Waals surface area (Å²) in [6.07, 6.45) is 2.02. The molecule has 0 spiro atoms. The molecule has 0 aliphatic heterocycles. The van der Waals surface area contributed by atoms with Crippen molar-refractivity contribution in [3.05, 3.63) is 217 Å². The Morgan fingerprint density at radius 3 is 1.87 bits per heavy atom. The van der Waals surface area contributed by atoms with E-state index in [-0.39, 0.29) is 48.2 Å². The number of para-hydroxylation sites is 2. The number of nitrogens with zero attached hydrogens (tertiary/aromatic N) is 3. The van der Waals surface area contributed by atoms with Gasteiger partial charge in [-0.25, -0.2) is 0 Å². The first-order valence-corrected chi connectivity index (χ1v) is 31.0. The molecule has 3 heterocycles. The average Bonchev–Trinajstić information content (AvgIpc) is 4.13. The summed E-state index contributed by atoms with van der Waals surface area (Å²) in [5.74, 6) is 1.29. The summed E-state index contributed by atoms with van der Waals surface area (Å²) in [6.45, 7) is 31.0. The number of benzene rings is 8. The number of aromatic nitrogens is 3. The molecule has 6 heteroatoms. The fourth-order valence-electron chi connectivity index (χ4n) is 11.9. The Bertz CT molecular complexity index is 3960. The number of pyridine rings is 1. The molecule has 395 valence electrons. The van der Waals surface area contributed by atoms with E-state index < -0.39 is 8.07 Å². The minimum absolute atomic E-state index is 0. The van der Waals surface area contributed by atoms with Gasteiger partial charge >= 0.3 is 0 Å². The predicted molar refractivity (Wildman–Crippen MR) is 328 cm³/mol. The SMILES string of the molecule is CC(C)c1cc(-c2ccc3c(c2)C(C)(C)C(C)(C)C(C)(C)c2ccccc2-3)cc(C(C)C)c1-n1c(-c2[c-]ccc3c2oc2cc(-c4ccccc4)ccc23)nc2ccccc21.C[Si](C)(C)c1ccc(-c2[c-]cccc2)nc1.[Ir]. The Balaban J connectivity index is 0.000000347. The van der Waals surface area contributed by atoms with Crippen molar-refractivity contribution < 1.29 is 24.5 Å². The summed E-state index contributed by atoms with van der Waals surface area (Å²) >= 11 is 0. The molecule has 4 nitrogen and oxygen atoms in total. The number of rotatable bonds is 8. The molecule has 1 aliphatic carbocycles. The van der Waals surface area contributed by atoms with Crippen molar-refractivity contribution in [3.63, 3.8) is 0 Å². The van der Waals surface area contributed by atoms with Gasteiger partial charge in [-0.15, -0.1) is 54.1 Å². The molecule has 1 aliphatic rings. The second-order valence-corrected chi connectivity index (χ2v) is 29.6. The van der Waals surface area contributed by atoms with Crippen LogP contribution >= 0.6 is 0 Å². The number of hydrogen-bond acceptors (Lipinski definition) is 3. The Morgan fingerprint density at radius 2 is 1.19 bits per heavy atom. The van der Waals surface area contributed by atoms with Gasteiger partial charge in [-0.3, -0.25) is 4.98 Å². The largest absolute Gasteiger partial charge is 0.501 e. The van der Waals surface area contributed by atoms with Crippen LogP contribution in [-0.2, 0) is 30.9 Å². The molecule has 0 atom stereocenters. The van der Waals surface area contributed by atoms with Crippen molar-refractivity contribution in [3.8, 4) is 61.7 Å². The number of imidazole rings is 1. The van der Waals surface area contributed by atoms with Crippen LogP contribution in [0.5, 0.6) is 0 Å². The number of fused-ring (bicyclic) bond motifs is 7. The van der Waals surface area contributed by atoms with Gasteiger partial charge in [-0.2, -0.15) is 0 Å². The number of furan rings is 1. The average molecular weight is 1210 g/mol. The van der Waals surface area contributed by atoms with Crippen LogP contribution in [0.2, 0.25) is 19.6 Å². The zero-order chi connectivity index (χ0) is 54.2. The van der Waals surface area contributed by atoms with Crippen LogP contribution in [0.25, 0.3) is 94.7 Å². The third kappa shape index (κ3) is 9.34. The fraction of sp³-hybridized carbons (Fsp3) is 0.250. The minimum atomic E-state index is -1.23. The van der Waals surface area contributed by atoms with Crippen molar-refractivity contribution in [1.82, 2.24) is 14.5 Å². The van der Waals surface area contributed by atoms with Crippen molar-refractivity contribution in [2.75, 3.05) is 0 Å². The standard InChI is InChI=1S/C58H55N2O.C14H16NSi.Ir/c1-35(2)46-31-40(38-27-29-42-41-21-14-15-24-48(41)56(5,6)58(9,10)57(7,8)49(42)33-38)32-47(36(3)4)53(46)60-51-26-17-16-25-50(51)59-55(60)45-23-18-22-44-43-30-28-39(34-52(43)61-54(44)45)37-19-12-11-13-20-37;1-16(2,3)13-9-10-14(15-11-13)12-7-5-4-6-8-12;/h11-22,24-36H,1-10H3;4-7,9-11H,1-3H3;/q2*-1;. The van der Waals surface area contributed by atoms with Gasteiger partial charge in [0.05, 0.1) is 30.5 Å². The van der Waals surface area contributed by atoms with Gasteiger partial charge in [-0.1, -0.05) is 203 Å². The van der Waals surface area contributed by atoms with Crippen molar-refractivity contribution in [2.45, 2.75) is 112 Å². The molecular weight excluding hydrogens is 1140 g/mol. The van der Waals surface area contributed by atoms with E-state index in [4.69, 9.17) is 9.40 Å². The Kier molecular flexibility index (Phi) is 14.4. The van der Waals surface area contributed by atoms with Crippen molar-refractivity contribution in [1.29, 1.82) is 0 Å². The molecule has 3 aromatic heterocycles. The van der Waals surface area contributed by atoms with Crippen LogP contribution in [0.3, 0.4) is 0 Å². The first kappa shape index (κ1) is 54.4. The predicted octanol–water partition coefficient (Wildman–Crippen LogP) is 19.3. The summed E-state index contributed by atoms with van der Waals surface area (Å²) in [7, 11) is -1.23. The van der Waals surface area contributed by atoms with Gasteiger partial charge in [0.2, 0.25) is 0 Å². The smallest absolute Gasteiger partial charge is 0.121 e. The second kappa shape index (κ2) is 20.7. The Morgan fingerprint density at radius 1 is 0.551 bits per heavy atom. The fourth-order valence-corrected chi connectivity index (χ4v) is 12.9. The van der Waals surface area contributed by atoms with Gasteiger partial charge in [0.25, 0.3) is 0 Å². The van der Waals surface area contributed by atoms with E-state index in [0.717, 1.165) is 66.7 Å². The summed E-state index contributed by atoms with van der Waals surface area (Å²) in [6, 6.07) is 70.0. The van der Waals surface area contributed by atoms with Crippen LogP contribution in [0.15, 0.2) is 187 Å². The van der Waals surface area contributed by atoms with Gasteiger partial charge in [0.1, 0.15) is 5.58 Å². The maximum absolute atomic E-state index is 6.86.